The first kappa shape index (κ1) is 26.5. The lowest BCUT2D eigenvalue weighted by Crippen LogP contribution is -2.40. The van der Waals surface area contributed by atoms with E-state index in [0.717, 1.165) is 30.1 Å². The molecule has 2 aromatic rings. The molecule has 2 rings (SSSR count). The zero-order valence-corrected chi connectivity index (χ0v) is 20.1. The summed E-state index contributed by atoms with van der Waals surface area (Å²) in [5.41, 5.74) is 0.547. The highest BCUT2D eigenvalue weighted by Crippen LogP contribution is 2.20. The minimum atomic E-state index is -4.66. The van der Waals surface area contributed by atoms with Crippen molar-refractivity contribution < 1.29 is 22.4 Å². The third-order valence-corrected chi connectivity index (χ3v) is 5.23. The summed E-state index contributed by atoms with van der Waals surface area (Å²) in [7, 11) is 3.49. The van der Waals surface area contributed by atoms with Crippen LogP contribution in [0.25, 0.3) is 0 Å². The van der Waals surface area contributed by atoms with E-state index in [2.05, 4.69) is 29.9 Å². The Hall–Kier alpha value is -2.77. The fourth-order valence-corrected chi connectivity index (χ4v) is 3.29. The summed E-state index contributed by atoms with van der Waals surface area (Å²) < 4.78 is 52.9. The molecule has 1 atom stereocenters. The van der Waals surface area contributed by atoms with Gasteiger partial charge in [-0.1, -0.05) is 11.6 Å². The molecule has 0 spiro atoms. The maximum absolute atomic E-state index is 13.8. The van der Waals surface area contributed by atoms with E-state index in [-0.39, 0.29) is 27.9 Å². The van der Waals surface area contributed by atoms with E-state index in [4.69, 9.17) is 11.6 Å². The number of nitrogens with zero attached hydrogens (tertiary/aromatic N) is 2. The summed E-state index contributed by atoms with van der Waals surface area (Å²) in [6, 6.07) is 7.11. The number of aliphatic imine (C=N–C) groups is 2. The van der Waals surface area contributed by atoms with Crippen LogP contribution in [0.3, 0.4) is 0 Å². The van der Waals surface area contributed by atoms with E-state index in [9.17, 15) is 22.4 Å². The number of hydrogen-bond acceptors (Lipinski definition) is 3. The van der Waals surface area contributed by atoms with Crippen LogP contribution in [-0.4, -0.2) is 30.8 Å². The number of carbonyl (C=O) groups is 1. The van der Waals surface area contributed by atoms with Crippen molar-refractivity contribution >= 4 is 49.4 Å². The number of aryl methyl sites for hydroxylation is 2. The lowest BCUT2D eigenvalue weighted by atomic mass is 10.1. The minimum Gasteiger partial charge on any atom is -0.330 e. The highest BCUT2D eigenvalue weighted by Gasteiger charge is 2.33. The summed E-state index contributed by atoms with van der Waals surface area (Å²) in [4.78, 5) is 20.3. The summed E-state index contributed by atoms with van der Waals surface area (Å²) in [5, 5.41) is 6.03. The molecule has 0 aliphatic carbocycles. The number of allylic oxidation sites excluding steroid dienone is 2. The maximum atomic E-state index is 13.8. The largest absolute Gasteiger partial charge is 0.432 e. The second kappa shape index (κ2) is 10.9. The summed E-state index contributed by atoms with van der Waals surface area (Å²) in [6.45, 7) is 4.81. The van der Waals surface area contributed by atoms with Gasteiger partial charge in [0.05, 0.1) is 16.3 Å². The molecule has 11 heteroatoms. The zero-order chi connectivity index (χ0) is 24.9. The van der Waals surface area contributed by atoms with Crippen LogP contribution < -0.4 is 15.9 Å². The Labute approximate surface area is 196 Å². The number of nitrogens with one attached hydrogen (secondary N) is 2. The van der Waals surface area contributed by atoms with Crippen LogP contribution in [0, 0.1) is 19.7 Å². The number of amides is 1. The number of hydrogen-bond donors (Lipinski definition) is 2. The molecule has 0 saturated heterocycles. The van der Waals surface area contributed by atoms with Crippen LogP contribution in [0.5, 0.6) is 0 Å². The highest BCUT2D eigenvalue weighted by molar-refractivity contribution is 7.27. The minimum absolute atomic E-state index is 0.0122. The topological polar surface area (TPSA) is 65.8 Å². The van der Waals surface area contributed by atoms with Gasteiger partial charge in [-0.15, -0.1) is 9.24 Å². The van der Waals surface area contributed by atoms with Crippen LogP contribution in [0.4, 0.5) is 23.2 Å². The van der Waals surface area contributed by atoms with Gasteiger partial charge < -0.3 is 5.32 Å². The molecular formula is C22H22ClF4N4OP. The molecule has 5 nitrogen and oxygen atoms in total. The van der Waals surface area contributed by atoms with Crippen molar-refractivity contribution in [3.8, 4) is 0 Å². The van der Waals surface area contributed by atoms with Gasteiger partial charge in [0, 0.05) is 12.7 Å². The highest BCUT2D eigenvalue weighted by atomic mass is 35.5. The fourth-order valence-electron chi connectivity index (χ4n) is 2.74. The summed E-state index contributed by atoms with van der Waals surface area (Å²) >= 11 is 6.19. The molecule has 0 heterocycles. The molecule has 0 fully saturated rings. The number of alkyl halides is 3. The normalized spacial score (nSPS) is 13.2. The molecule has 2 aromatic carbocycles. The standard InChI is InChI=1S/C22H22ClF4N4OP/c1-11-5-14(24)9-15(6-11)30-21(29-13(3)8-19(28-4)22(25,26)27)31-20(32)16-10-18(33)12(2)7-17(16)23/h5-10H,33H2,1-4H3,(H2,29,30,31,32)/b13-8+,28-19?. The SMILES string of the molecule is CN=C(/C=C(\C)NC(=Nc1cc(C)cc(F)c1)NC(=O)c1cc(P)c(C)cc1Cl)C(F)(F)F. The Balaban J connectivity index is 2.46. The molecule has 0 aliphatic heterocycles. The Bertz CT molecular complexity index is 1140. The molecule has 0 aliphatic rings. The number of carbonyl (C=O) groups excluding carboxylic acids is 1. The average Bonchev–Trinajstić information content (AvgIpc) is 2.67. The van der Waals surface area contributed by atoms with Gasteiger partial charge in [0.25, 0.3) is 5.91 Å². The number of rotatable bonds is 4. The van der Waals surface area contributed by atoms with Crippen molar-refractivity contribution in [1.29, 1.82) is 0 Å². The van der Waals surface area contributed by atoms with Gasteiger partial charge in [0.2, 0.25) is 5.96 Å². The average molecular weight is 501 g/mol. The van der Waals surface area contributed by atoms with Crippen molar-refractivity contribution in [2.75, 3.05) is 7.05 Å². The van der Waals surface area contributed by atoms with Gasteiger partial charge in [0.15, 0.2) is 0 Å². The van der Waals surface area contributed by atoms with E-state index in [0.29, 0.717) is 5.56 Å². The van der Waals surface area contributed by atoms with Gasteiger partial charge in [-0.3, -0.25) is 15.1 Å². The lowest BCUT2D eigenvalue weighted by molar-refractivity contribution is -0.0578. The van der Waals surface area contributed by atoms with Crippen LogP contribution in [0.2, 0.25) is 5.02 Å². The van der Waals surface area contributed by atoms with Crippen molar-refractivity contribution in [3.05, 3.63) is 69.6 Å². The van der Waals surface area contributed by atoms with Crippen molar-refractivity contribution in [3.63, 3.8) is 0 Å². The molecular weight excluding hydrogens is 479 g/mol. The van der Waals surface area contributed by atoms with Gasteiger partial charge in [-0.2, -0.15) is 13.2 Å². The number of halogens is 5. The van der Waals surface area contributed by atoms with Gasteiger partial charge in [-0.25, -0.2) is 9.38 Å². The predicted octanol–water partition coefficient (Wildman–Crippen LogP) is 5.14. The van der Waals surface area contributed by atoms with Crippen LogP contribution in [-0.2, 0) is 0 Å². The summed E-state index contributed by atoms with van der Waals surface area (Å²) in [6.07, 6.45) is -3.90. The molecule has 2 N–H and O–H groups in total. The van der Waals surface area contributed by atoms with Crippen LogP contribution in [0.1, 0.15) is 28.4 Å². The molecule has 0 aromatic heterocycles. The molecule has 0 radical (unpaired) electrons. The van der Waals surface area contributed by atoms with Crippen molar-refractivity contribution in [1.82, 2.24) is 10.6 Å². The quantitative estimate of drug-likeness (QED) is 0.264. The molecule has 33 heavy (non-hydrogen) atoms. The number of benzene rings is 2. The first-order valence-corrected chi connectivity index (χ1v) is 10.5. The zero-order valence-electron chi connectivity index (χ0n) is 18.2. The predicted molar refractivity (Wildman–Crippen MR) is 128 cm³/mol. The van der Waals surface area contributed by atoms with E-state index in [1.807, 2.05) is 6.92 Å². The van der Waals surface area contributed by atoms with Gasteiger partial charge >= 0.3 is 6.18 Å². The van der Waals surface area contributed by atoms with Crippen LogP contribution in [0.15, 0.2) is 52.1 Å². The maximum Gasteiger partial charge on any atom is 0.432 e. The fraction of sp³-hybridized carbons (Fsp3) is 0.227. The molecule has 0 bridgehead atoms. The molecule has 0 saturated carbocycles. The summed E-state index contributed by atoms with van der Waals surface area (Å²) in [5.74, 6) is -1.44. The van der Waals surface area contributed by atoms with E-state index >= 15 is 0 Å². The molecule has 1 amide bonds. The Morgan fingerprint density at radius 1 is 1.12 bits per heavy atom. The van der Waals surface area contributed by atoms with E-state index in [1.165, 1.54) is 13.0 Å². The molecule has 1 unspecified atom stereocenters. The van der Waals surface area contributed by atoms with Crippen LogP contribution >= 0.6 is 20.8 Å². The smallest absolute Gasteiger partial charge is 0.330 e. The first-order chi connectivity index (χ1) is 15.3. The monoisotopic (exact) mass is 500 g/mol. The Kier molecular flexibility index (Phi) is 8.75. The van der Waals surface area contributed by atoms with E-state index in [1.54, 1.807) is 25.1 Å². The second-order valence-corrected chi connectivity index (χ2v) is 8.18. The lowest BCUT2D eigenvalue weighted by Gasteiger charge is -2.14. The third kappa shape index (κ3) is 7.65. The van der Waals surface area contributed by atoms with Gasteiger partial charge in [-0.05, 0) is 73.6 Å². The number of guanidine groups is 1. The molecule has 176 valence electrons. The first-order valence-electron chi connectivity index (χ1n) is 9.52. The third-order valence-electron chi connectivity index (χ3n) is 4.30. The van der Waals surface area contributed by atoms with Crippen molar-refractivity contribution in [2.45, 2.75) is 26.9 Å². The Morgan fingerprint density at radius 2 is 1.79 bits per heavy atom. The Morgan fingerprint density at radius 3 is 2.36 bits per heavy atom. The second-order valence-electron chi connectivity index (χ2n) is 7.15. The van der Waals surface area contributed by atoms with E-state index < -0.39 is 23.6 Å². The van der Waals surface area contributed by atoms with Gasteiger partial charge in [0.1, 0.15) is 11.5 Å². The van der Waals surface area contributed by atoms with Crippen molar-refractivity contribution in [2.24, 2.45) is 9.98 Å².